The number of nitrogen functional groups attached to an aromatic ring is 1. The van der Waals surface area contributed by atoms with Gasteiger partial charge in [0.2, 0.25) is 0 Å². The van der Waals surface area contributed by atoms with E-state index in [0.29, 0.717) is 11.1 Å². The molecule has 0 atom stereocenters. The summed E-state index contributed by atoms with van der Waals surface area (Å²) in [5.41, 5.74) is 7.33. The van der Waals surface area contributed by atoms with E-state index in [1.807, 2.05) is 30.3 Å². The van der Waals surface area contributed by atoms with Crippen LogP contribution >= 0.6 is 0 Å². The number of hydrogen-bond donors (Lipinski definition) is 2. The van der Waals surface area contributed by atoms with E-state index >= 15 is 0 Å². The molecular formula is C19H19N5O. The molecule has 0 amide bonds. The molecule has 126 valence electrons. The van der Waals surface area contributed by atoms with E-state index < -0.39 is 5.56 Å². The molecule has 1 aliphatic rings. The Morgan fingerprint density at radius 1 is 1.12 bits per heavy atom. The Morgan fingerprint density at radius 2 is 1.84 bits per heavy atom. The molecule has 6 nitrogen and oxygen atoms in total. The van der Waals surface area contributed by atoms with Crippen molar-refractivity contribution >= 4 is 5.82 Å². The summed E-state index contributed by atoms with van der Waals surface area (Å²) in [5, 5.41) is 18.8. The van der Waals surface area contributed by atoms with E-state index in [1.54, 1.807) is 6.07 Å². The number of hydrogen-bond acceptors (Lipinski definition) is 5. The first-order valence-electron chi connectivity index (χ1n) is 8.31. The van der Waals surface area contributed by atoms with E-state index in [-0.39, 0.29) is 16.9 Å². The van der Waals surface area contributed by atoms with Crippen LogP contribution in [0, 0.1) is 22.7 Å². The molecule has 6 heteroatoms. The van der Waals surface area contributed by atoms with Crippen LogP contribution in [0.3, 0.4) is 0 Å². The maximum absolute atomic E-state index is 12.1. The van der Waals surface area contributed by atoms with Crippen molar-refractivity contribution in [2.75, 3.05) is 18.8 Å². The Morgan fingerprint density at radius 3 is 2.52 bits per heavy atom. The van der Waals surface area contributed by atoms with Gasteiger partial charge in [0.15, 0.2) is 0 Å². The molecule has 1 aromatic carbocycles. The number of nitriles is 2. The highest BCUT2D eigenvalue weighted by atomic mass is 16.1. The van der Waals surface area contributed by atoms with Gasteiger partial charge in [-0.05, 0) is 43.1 Å². The minimum absolute atomic E-state index is 0.0112. The number of likely N-dealkylation sites (tertiary alicyclic amines) is 1. The van der Waals surface area contributed by atoms with Gasteiger partial charge in [0, 0.05) is 12.1 Å². The number of benzene rings is 1. The predicted molar refractivity (Wildman–Crippen MR) is 95.5 cm³/mol. The lowest BCUT2D eigenvalue weighted by Gasteiger charge is -2.26. The summed E-state index contributed by atoms with van der Waals surface area (Å²) in [5.74, 6) is -0.0112. The Kier molecular flexibility index (Phi) is 4.83. The van der Waals surface area contributed by atoms with Crippen LogP contribution in [0.15, 0.2) is 29.1 Å². The van der Waals surface area contributed by atoms with Crippen molar-refractivity contribution in [1.29, 1.82) is 10.5 Å². The van der Waals surface area contributed by atoms with E-state index in [9.17, 15) is 15.3 Å². The molecule has 0 radical (unpaired) electrons. The maximum atomic E-state index is 12.1. The third kappa shape index (κ3) is 3.40. The number of nitrogens with one attached hydrogen (secondary N) is 1. The zero-order chi connectivity index (χ0) is 17.8. The molecule has 1 fully saturated rings. The van der Waals surface area contributed by atoms with Gasteiger partial charge in [0.05, 0.1) is 0 Å². The number of H-pyrrole nitrogens is 1. The van der Waals surface area contributed by atoms with Gasteiger partial charge in [-0.2, -0.15) is 10.5 Å². The van der Waals surface area contributed by atoms with E-state index in [4.69, 9.17) is 5.73 Å². The molecule has 3 rings (SSSR count). The highest BCUT2D eigenvalue weighted by molar-refractivity contribution is 5.80. The summed E-state index contributed by atoms with van der Waals surface area (Å²) in [6.07, 6.45) is 3.70. The fourth-order valence-electron chi connectivity index (χ4n) is 3.33. The van der Waals surface area contributed by atoms with Gasteiger partial charge >= 0.3 is 0 Å². The Balaban J connectivity index is 2.06. The van der Waals surface area contributed by atoms with Crippen molar-refractivity contribution in [3.05, 3.63) is 51.3 Å². The fraction of sp³-hybridized carbons (Fsp3) is 0.316. The van der Waals surface area contributed by atoms with Crippen LogP contribution in [0.5, 0.6) is 0 Å². The van der Waals surface area contributed by atoms with Crippen LogP contribution in [0.4, 0.5) is 5.82 Å². The summed E-state index contributed by atoms with van der Waals surface area (Å²) < 4.78 is 0. The third-order valence-electron chi connectivity index (χ3n) is 4.54. The first-order valence-corrected chi connectivity index (χ1v) is 8.31. The smallest absolute Gasteiger partial charge is 0.268 e. The SMILES string of the molecule is N#Cc1c(N)[nH]c(=O)c(C#N)c1-c1cccc(CN2CCCCC2)c1. The predicted octanol–water partition coefficient (Wildman–Crippen LogP) is 2.35. The highest BCUT2D eigenvalue weighted by Gasteiger charge is 2.18. The van der Waals surface area contributed by atoms with Crippen molar-refractivity contribution in [3.63, 3.8) is 0 Å². The van der Waals surface area contributed by atoms with Crippen LogP contribution in [-0.2, 0) is 6.54 Å². The molecule has 1 saturated heterocycles. The van der Waals surface area contributed by atoms with Crippen molar-refractivity contribution in [2.45, 2.75) is 25.8 Å². The lowest BCUT2D eigenvalue weighted by Crippen LogP contribution is -2.29. The van der Waals surface area contributed by atoms with Crippen molar-refractivity contribution in [2.24, 2.45) is 0 Å². The van der Waals surface area contributed by atoms with Gasteiger partial charge < -0.3 is 10.7 Å². The maximum Gasteiger partial charge on any atom is 0.268 e. The van der Waals surface area contributed by atoms with Crippen molar-refractivity contribution in [1.82, 2.24) is 9.88 Å². The third-order valence-corrected chi connectivity index (χ3v) is 4.54. The number of nitrogens with zero attached hydrogens (tertiary/aromatic N) is 3. The molecule has 3 N–H and O–H groups in total. The van der Waals surface area contributed by atoms with Gasteiger partial charge in [-0.1, -0.05) is 24.6 Å². The molecule has 0 bridgehead atoms. The fourth-order valence-corrected chi connectivity index (χ4v) is 3.33. The Labute approximate surface area is 146 Å². The molecule has 2 heterocycles. The number of pyridine rings is 1. The number of aromatic nitrogens is 1. The van der Waals surface area contributed by atoms with Crippen molar-refractivity contribution < 1.29 is 0 Å². The van der Waals surface area contributed by atoms with Crippen LogP contribution in [0.1, 0.15) is 36.0 Å². The van der Waals surface area contributed by atoms with E-state index in [0.717, 1.165) is 25.2 Å². The second kappa shape index (κ2) is 7.21. The second-order valence-electron chi connectivity index (χ2n) is 6.25. The van der Waals surface area contributed by atoms with E-state index in [1.165, 1.54) is 19.3 Å². The molecule has 0 saturated carbocycles. The molecule has 1 aromatic heterocycles. The topological polar surface area (TPSA) is 110 Å². The Hall–Kier alpha value is -3.09. The zero-order valence-corrected chi connectivity index (χ0v) is 13.9. The number of aromatic amines is 1. The number of anilines is 1. The number of rotatable bonds is 3. The molecule has 1 aliphatic heterocycles. The summed E-state index contributed by atoms with van der Waals surface area (Å²) >= 11 is 0. The monoisotopic (exact) mass is 333 g/mol. The lowest BCUT2D eigenvalue weighted by atomic mass is 9.95. The standard InChI is InChI=1S/C19H19N5O/c20-10-15-17(16(11-21)19(25)23-18(15)22)14-6-4-5-13(9-14)12-24-7-2-1-3-8-24/h4-6,9H,1-3,7-8,12H2,(H3,22,23,25). The van der Waals surface area contributed by atoms with E-state index in [2.05, 4.69) is 9.88 Å². The molecule has 0 spiro atoms. The van der Waals surface area contributed by atoms with Gasteiger partial charge in [0.25, 0.3) is 5.56 Å². The average Bonchev–Trinajstić information content (AvgIpc) is 2.62. The zero-order valence-electron chi connectivity index (χ0n) is 13.9. The van der Waals surface area contributed by atoms with Gasteiger partial charge in [-0.25, -0.2) is 0 Å². The largest absolute Gasteiger partial charge is 0.384 e. The summed E-state index contributed by atoms with van der Waals surface area (Å²) in [4.78, 5) is 16.8. The first kappa shape index (κ1) is 16.8. The summed E-state index contributed by atoms with van der Waals surface area (Å²) in [6.45, 7) is 2.97. The number of nitrogens with two attached hydrogens (primary N) is 1. The number of piperidine rings is 1. The van der Waals surface area contributed by atoms with Gasteiger partial charge in [-0.3, -0.25) is 9.69 Å². The van der Waals surface area contributed by atoms with Gasteiger partial charge in [-0.15, -0.1) is 0 Å². The van der Waals surface area contributed by atoms with Crippen LogP contribution in [0.25, 0.3) is 11.1 Å². The average molecular weight is 333 g/mol. The minimum atomic E-state index is -0.574. The van der Waals surface area contributed by atoms with Crippen LogP contribution in [0.2, 0.25) is 0 Å². The molecule has 0 aliphatic carbocycles. The summed E-state index contributed by atoms with van der Waals surface area (Å²) in [6, 6.07) is 11.6. The Bertz CT molecular complexity index is 926. The highest BCUT2D eigenvalue weighted by Crippen LogP contribution is 2.29. The lowest BCUT2D eigenvalue weighted by molar-refractivity contribution is 0.221. The quantitative estimate of drug-likeness (QED) is 0.896. The second-order valence-corrected chi connectivity index (χ2v) is 6.25. The van der Waals surface area contributed by atoms with Gasteiger partial charge in [0.1, 0.15) is 29.1 Å². The minimum Gasteiger partial charge on any atom is -0.384 e. The molecule has 0 unspecified atom stereocenters. The van der Waals surface area contributed by atoms with Crippen molar-refractivity contribution in [3.8, 4) is 23.3 Å². The van der Waals surface area contributed by atoms with Crippen LogP contribution < -0.4 is 11.3 Å². The van der Waals surface area contributed by atoms with Crippen LogP contribution in [-0.4, -0.2) is 23.0 Å². The first-order chi connectivity index (χ1) is 12.1. The molecule has 2 aromatic rings. The molecule has 25 heavy (non-hydrogen) atoms. The summed E-state index contributed by atoms with van der Waals surface area (Å²) in [7, 11) is 0. The normalized spacial score (nSPS) is 14.6. The molecular weight excluding hydrogens is 314 g/mol.